The highest BCUT2D eigenvalue weighted by Crippen LogP contribution is 2.21. The van der Waals surface area contributed by atoms with Gasteiger partial charge in [-0.1, -0.05) is 12.1 Å². The van der Waals surface area contributed by atoms with Crippen LogP contribution in [0.15, 0.2) is 47.5 Å². The zero-order valence-corrected chi connectivity index (χ0v) is 8.95. The topological polar surface area (TPSA) is 50.2 Å². The number of hydrogen-bond acceptors (Lipinski definition) is 2. The second kappa shape index (κ2) is 4.51. The van der Waals surface area contributed by atoms with Crippen molar-refractivity contribution < 1.29 is 13.2 Å². The molecule has 3 nitrogen and oxygen atoms in total. The summed E-state index contributed by atoms with van der Waals surface area (Å²) < 4.78 is 32.9. The van der Waals surface area contributed by atoms with Gasteiger partial charge in [0.2, 0.25) is 5.95 Å². The first-order chi connectivity index (χ1) is 7.68. The molecule has 16 heavy (non-hydrogen) atoms. The van der Waals surface area contributed by atoms with Gasteiger partial charge in [0, 0.05) is 11.8 Å². The lowest BCUT2D eigenvalue weighted by molar-refractivity contribution is 0.564. The normalized spacial score (nSPS) is 12.4. The van der Waals surface area contributed by atoms with Crippen molar-refractivity contribution in [3.05, 3.63) is 48.5 Å². The molecule has 0 fully saturated rings. The molecule has 0 radical (unpaired) electrons. The average Bonchev–Trinajstić information content (AvgIpc) is 2.30. The standard InChI is InChI=1S/C11H8FNO2S/c12-11-10(2-1-7-13-11)8-3-5-9(6-4-8)16(14)15/h1-7H,(H,14,15). The van der Waals surface area contributed by atoms with Gasteiger partial charge in [0.05, 0.1) is 4.90 Å². The molecule has 1 atom stereocenters. The molecule has 0 aliphatic rings. The molecule has 2 rings (SSSR count). The predicted octanol–water partition coefficient (Wildman–Crippen LogP) is 2.47. The lowest BCUT2D eigenvalue weighted by Gasteiger charge is -2.02. The highest BCUT2D eigenvalue weighted by Gasteiger charge is 2.06. The number of halogens is 1. The van der Waals surface area contributed by atoms with Crippen molar-refractivity contribution in [1.82, 2.24) is 4.98 Å². The van der Waals surface area contributed by atoms with Gasteiger partial charge < -0.3 is 4.55 Å². The van der Waals surface area contributed by atoms with Crippen molar-refractivity contribution in [2.45, 2.75) is 4.90 Å². The Labute approximate surface area is 94.3 Å². The predicted molar refractivity (Wildman–Crippen MR) is 58.7 cm³/mol. The smallest absolute Gasteiger partial charge is 0.220 e. The summed E-state index contributed by atoms with van der Waals surface area (Å²) in [6, 6.07) is 9.38. The van der Waals surface area contributed by atoms with E-state index in [0.29, 0.717) is 11.1 Å². The van der Waals surface area contributed by atoms with E-state index in [1.54, 1.807) is 24.3 Å². The van der Waals surface area contributed by atoms with Gasteiger partial charge in [-0.3, -0.25) is 0 Å². The molecule has 0 aliphatic heterocycles. The average molecular weight is 237 g/mol. The second-order valence-corrected chi connectivity index (χ2v) is 4.09. The Balaban J connectivity index is 2.43. The van der Waals surface area contributed by atoms with Gasteiger partial charge >= 0.3 is 0 Å². The van der Waals surface area contributed by atoms with E-state index in [4.69, 9.17) is 4.55 Å². The zero-order valence-electron chi connectivity index (χ0n) is 8.13. The Morgan fingerprint density at radius 2 is 1.88 bits per heavy atom. The fourth-order valence-corrected chi connectivity index (χ4v) is 1.72. The molecule has 5 heteroatoms. The minimum Gasteiger partial charge on any atom is -0.302 e. The molecule has 0 saturated heterocycles. The van der Waals surface area contributed by atoms with Crippen LogP contribution in [0.4, 0.5) is 4.39 Å². The lowest BCUT2D eigenvalue weighted by atomic mass is 10.1. The third-order valence-electron chi connectivity index (χ3n) is 2.13. The number of aromatic nitrogens is 1. The van der Waals surface area contributed by atoms with Crippen molar-refractivity contribution in [2.75, 3.05) is 0 Å². The van der Waals surface area contributed by atoms with E-state index in [-0.39, 0.29) is 4.90 Å². The van der Waals surface area contributed by atoms with E-state index >= 15 is 0 Å². The van der Waals surface area contributed by atoms with Crippen molar-refractivity contribution in [3.8, 4) is 11.1 Å². The van der Waals surface area contributed by atoms with Gasteiger partial charge in [0.1, 0.15) is 0 Å². The summed E-state index contributed by atoms with van der Waals surface area (Å²) >= 11 is -2.01. The minimum atomic E-state index is -2.01. The third kappa shape index (κ3) is 2.15. The molecule has 0 amide bonds. The minimum absolute atomic E-state index is 0.285. The van der Waals surface area contributed by atoms with Crippen LogP contribution >= 0.6 is 0 Å². The Bertz CT molecular complexity index is 528. The van der Waals surface area contributed by atoms with Crippen LogP contribution in [-0.2, 0) is 11.1 Å². The molecule has 1 heterocycles. The summed E-state index contributed by atoms with van der Waals surface area (Å²) in [5.41, 5.74) is 0.998. The first-order valence-corrected chi connectivity index (χ1v) is 5.61. The van der Waals surface area contributed by atoms with Crippen LogP contribution in [-0.4, -0.2) is 13.7 Å². The molecule has 2 aromatic rings. The number of rotatable bonds is 2. The molecule has 0 bridgehead atoms. The molecule has 1 unspecified atom stereocenters. The van der Waals surface area contributed by atoms with Crippen LogP contribution in [0, 0.1) is 5.95 Å². The molecule has 0 spiro atoms. The van der Waals surface area contributed by atoms with Crippen molar-refractivity contribution >= 4 is 11.1 Å². The Hall–Kier alpha value is -1.59. The zero-order chi connectivity index (χ0) is 11.5. The van der Waals surface area contributed by atoms with Crippen LogP contribution in [0.5, 0.6) is 0 Å². The molecule has 0 saturated carbocycles. The highest BCUT2D eigenvalue weighted by molar-refractivity contribution is 7.79. The van der Waals surface area contributed by atoms with E-state index in [9.17, 15) is 8.60 Å². The number of hydrogen-bond donors (Lipinski definition) is 1. The summed E-state index contributed by atoms with van der Waals surface area (Å²) in [5, 5.41) is 0. The molecule has 1 aromatic heterocycles. The first kappa shape index (κ1) is 10.9. The maximum atomic E-state index is 13.3. The van der Waals surface area contributed by atoms with E-state index in [1.807, 2.05) is 0 Å². The van der Waals surface area contributed by atoms with Crippen LogP contribution in [0.3, 0.4) is 0 Å². The summed E-state index contributed by atoms with van der Waals surface area (Å²) in [7, 11) is 0. The van der Waals surface area contributed by atoms with Crippen molar-refractivity contribution in [1.29, 1.82) is 0 Å². The van der Waals surface area contributed by atoms with Gasteiger partial charge in [0.25, 0.3) is 0 Å². The summed E-state index contributed by atoms with van der Waals surface area (Å²) in [4.78, 5) is 3.82. The molecule has 82 valence electrons. The first-order valence-electron chi connectivity index (χ1n) is 4.50. The van der Waals surface area contributed by atoms with Crippen molar-refractivity contribution in [3.63, 3.8) is 0 Å². The fraction of sp³-hybridized carbons (Fsp3) is 0. The quantitative estimate of drug-likeness (QED) is 0.644. The van der Waals surface area contributed by atoms with Crippen LogP contribution in [0.2, 0.25) is 0 Å². The van der Waals surface area contributed by atoms with Gasteiger partial charge in [0.15, 0.2) is 11.1 Å². The van der Waals surface area contributed by atoms with Gasteiger partial charge in [-0.05, 0) is 29.8 Å². The van der Waals surface area contributed by atoms with Gasteiger partial charge in [-0.15, -0.1) is 0 Å². The van der Waals surface area contributed by atoms with E-state index in [1.165, 1.54) is 18.3 Å². The maximum Gasteiger partial charge on any atom is 0.220 e. The molecular formula is C11H8FNO2S. The van der Waals surface area contributed by atoms with Crippen molar-refractivity contribution in [2.24, 2.45) is 0 Å². The number of benzene rings is 1. The van der Waals surface area contributed by atoms with Gasteiger partial charge in [-0.2, -0.15) is 4.39 Å². The maximum absolute atomic E-state index is 13.3. The Morgan fingerprint density at radius 3 is 2.44 bits per heavy atom. The van der Waals surface area contributed by atoms with E-state index < -0.39 is 17.0 Å². The monoisotopic (exact) mass is 237 g/mol. The third-order valence-corrected chi connectivity index (χ3v) is 2.80. The Kier molecular flexibility index (Phi) is 3.07. The Morgan fingerprint density at radius 1 is 1.19 bits per heavy atom. The summed E-state index contributed by atoms with van der Waals surface area (Å²) in [6.07, 6.45) is 1.37. The lowest BCUT2D eigenvalue weighted by Crippen LogP contribution is -1.90. The van der Waals surface area contributed by atoms with Crippen LogP contribution < -0.4 is 0 Å². The highest BCUT2D eigenvalue weighted by atomic mass is 32.2. The molecule has 0 aliphatic carbocycles. The number of pyridine rings is 1. The fourth-order valence-electron chi connectivity index (χ4n) is 1.35. The molecular weight excluding hydrogens is 229 g/mol. The largest absolute Gasteiger partial charge is 0.302 e. The summed E-state index contributed by atoms with van der Waals surface area (Å²) in [5.74, 6) is -0.555. The molecule has 1 N–H and O–H groups in total. The SMILES string of the molecule is O=S(O)c1ccc(-c2cccnc2F)cc1. The van der Waals surface area contributed by atoms with E-state index in [0.717, 1.165) is 0 Å². The van der Waals surface area contributed by atoms with Crippen LogP contribution in [0.1, 0.15) is 0 Å². The van der Waals surface area contributed by atoms with Crippen LogP contribution in [0.25, 0.3) is 11.1 Å². The summed E-state index contributed by atoms with van der Waals surface area (Å²) in [6.45, 7) is 0. The van der Waals surface area contributed by atoms with E-state index in [2.05, 4.69) is 4.98 Å². The second-order valence-electron chi connectivity index (χ2n) is 3.12. The van der Waals surface area contributed by atoms with Gasteiger partial charge in [-0.25, -0.2) is 9.19 Å². The number of nitrogens with zero attached hydrogens (tertiary/aromatic N) is 1. The molecule has 1 aromatic carbocycles.